The van der Waals surface area contributed by atoms with Crippen LogP contribution in [0.4, 0.5) is 0 Å². The first-order valence-electron chi connectivity index (χ1n) is 6.80. The fourth-order valence-electron chi connectivity index (χ4n) is 2.42. The number of rotatable bonds is 6. The van der Waals surface area contributed by atoms with E-state index < -0.39 is 0 Å². The molecule has 2 heteroatoms. The van der Waals surface area contributed by atoms with Crippen LogP contribution in [-0.2, 0) is 11.2 Å². The van der Waals surface area contributed by atoms with Crippen molar-refractivity contribution >= 4 is 16.6 Å². The Morgan fingerprint density at radius 1 is 1.05 bits per heavy atom. The Kier molecular flexibility index (Phi) is 4.69. The molecule has 0 aliphatic carbocycles. The Bertz CT molecular complexity index is 555. The topological polar surface area (TPSA) is 20.3 Å². The number of carbonyl (C=O) groups is 1. The number of nitrogens with zero attached hydrogens (tertiary/aromatic N) is 1. The van der Waals surface area contributed by atoms with Crippen LogP contribution in [0.3, 0.4) is 0 Å². The van der Waals surface area contributed by atoms with Crippen molar-refractivity contribution in [1.82, 2.24) is 4.90 Å². The van der Waals surface area contributed by atoms with E-state index in [2.05, 4.69) is 42.5 Å². The molecule has 0 atom stereocenters. The number of Topliss-reactive ketones (excluding diaryl/α,β-unsaturated/α-hetero) is 1. The van der Waals surface area contributed by atoms with Gasteiger partial charge in [0.25, 0.3) is 0 Å². The molecule has 2 nitrogen and oxygen atoms in total. The van der Waals surface area contributed by atoms with Crippen molar-refractivity contribution in [2.24, 2.45) is 0 Å². The number of fused-ring (bicyclic) bond motifs is 1. The van der Waals surface area contributed by atoms with Crippen molar-refractivity contribution in [3.05, 3.63) is 48.0 Å². The van der Waals surface area contributed by atoms with Gasteiger partial charge in [0.15, 0.2) is 0 Å². The molecule has 0 unspecified atom stereocenters. The molecule has 2 aromatic carbocycles. The van der Waals surface area contributed by atoms with Gasteiger partial charge in [-0.25, -0.2) is 0 Å². The van der Waals surface area contributed by atoms with Crippen molar-refractivity contribution in [1.29, 1.82) is 0 Å². The summed E-state index contributed by atoms with van der Waals surface area (Å²) in [6.07, 6.45) is 2.57. The number of ketones is 1. The first kappa shape index (κ1) is 13.8. The smallest absolute Gasteiger partial charge is 0.146 e. The lowest BCUT2D eigenvalue weighted by Crippen LogP contribution is -2.21. The Morgan fingerprint density at radius 2 is 1.79 bits per heavy atom. The van der Waals surface area contributed by atoms with Crippen LogP contribution in [0.1, 0.15) is 18.4 Å². The van der Waals surface area contributed by atoms with E-state index in [9.17, 15) is 4.79 Å². The number of hydrogen-bond donors (Lipinski definition) is 0. The molecule has 0 saturated heterocycles. The van der Waals surface area contributed by atoms with Crippen molar-refractivity contribution in [2.45, 2.75) is 19.3 Å². The van der Waals surface area contributed by atoms with Crippen molar-refractivity contribution in [3.63, 3.8) is 0 Å². The van der Waals surface area contributed by atoms with Gasteiger partial charge in [-0.1, -0.05) is 42.5 Å². The standard InChI is InChI=1S/C17H21NO/c1-18(2)13-16(19)11-6-10-15-9-5-8-14-7-3-4-12-17(14)15/h3-5,7-9,12H,6,10-11,13H2,1-2H3. The number of aryl methyl sites for hydroxylation is 1. The highest BCUT2D eigenvalue weighted by Gasteiger charge is 2.05. The van der Waals surface area contributed by atoms with E-state index in [1.165, 1.54) is 16.3 Å². The number of carbonyl (C=O) groups excluding carboxylic acids is 1. The van der Waals surface area contributed by atoms with E-state index in [0.29, 0.717) is 18.7 Å². The molecule has 0 saturated carbocycles. The Morgan fingerprint density at radius 3 is 2.58 bits per heavy atom. The average molecular weight is 255 g/mol. The highest BCUT2D eigenvalue weighted by Crippen LogP contribution is 2.20. The lowest BCUT2D eigenvalue weighted by molar-refractivity contribution is -0.119. The third-order valence-corrected chi connectivity index (χ3v) is 3.27. The van der Waals surface area contributed by atoms with E-state index in [0.717, 1.165) is 12.8 Å². The van der Waals surface area contributed by atoms with Crippen molar-refractivity contribution in [2.75, 3.05) is 20.6 Å². The average Bonchev–Trinajstić information content (AvgIpc) is 2.38. The van der Waals surface area contributed by atoms with Gasteiger partial charge >= 0.3 is 0 Å². The molecule has 0 heterocycles. The van der Waals surface area contributed by atoms with Gasteiger partial charge in [-0.15, -0.1) is 0 Å². The van der Waals surface area contributed by atoms with E-state index in [-0.39, 0.29) is 0 Å². The fourth-order valence-corrected chi connectivity index (χ4v) is 2.42. The summed E-state index contributed by atoms with van der Waals surface area (Å²) in [6, 6.07) is 14.8. The first-order valence-corrected chi connectivity index (χ1v) is 6.80. The lowest BCUT2D eigenvalue weighted by atomic mass is 9.99. The quantitative estimate of drug-likeness (QED) is 0.789. The molecule has 0 radical (unpaired) electrons. The van der Waals surface area contributed by atoms with Crippen LogP contribution < -0.4 is 0 Å². The van der Waals surface area contributed by atoms with Crippen LogP contribution in [0.5, 0.6) is 0 Å². The molecule has 100 valence electrons. The van der Waals surface area contributed by atoms with E-state index in [1.54, 1.807) is 0 Å². The van der Waals surface area contributed by atoms with Crippen molar-refractivity contribution in [3.8, 4) is 0 Å². The summed E-state index contributed by atoms with van der Waals surface area (Å²) in [7, 11) is 3.87. The van der Waals surface area contributed by atoms with E-state index >= 15 is 0 Å². The van der Waals surface area contributed by atoms with Crippen LogP contribution in [-0.4, -0.2) is 31.3 Å². The maximum Gasteiger partial charge on any atom is 0.146 e. The molecule has 0 aliphatic heterocycles. The normalized spacial score (nSPS) is 11.1. The van der Waals surface area contributed by atoms with Crippen molar-refractivity contribution < 1.29 is 4.79 Å². The second-order valence-electron chi connectivity index (χ2n) is 5.27. The van der Waals surface area contributed by atoms with Crippen LogP contribution in [0.2, 0.25) is 0 Å². The first-order chi connectivity index (χ1) is 9.16. The third-order valence-electron chi connectivity index (χ3n) is 3.27. The molecular weight excluding hydrogens is 234 g/mol. The van der Waals surface area contributed by atoms with Gasteiger partial charge in [0, 0.05) is 6.42 Å². The predicted octanol–water partition coefficient (Wildman–Crippen LogP) is 3.29. The van der Waals surface area contributed by atoms with Crippen LogP contribution in [0.25, 0.3) is 10.8 Å². The minimum Gasteiger partial charge on any atom is -0.302 e. The number of benzene rings is 2. The van der Waals surface area contributed by atoms with Crippen LogP contribution >= 0.6 is 0 Å². The third kappa shape index (κ3) is 3.90. The van der Waals surface area contributed by atoms with Crippen LogP contribution in [0, 0.1) is 0 Å². The summed E-state index contributed by atoms with van der Waals surface area (Å²) >= 11 is 0. The summed E-state index contributed by atoms with van der Waals surface area (Å²) in [6.45, 7) is 0.551. The zero-order valence-electron chi connectivity index (χ0n) is 11.7. The highest BCUT2D eigenvalue weighted by molar-refractivity contribution is 5.85. The molecule has 0 N–H and O–H groups in total. The van der Waals surface area contributed by atoms with Crippen LogP contribution in [0.15, 0.2) is 42.5 Å². The molecule has 2 rings (SSSR count). The summed E-state index contributed by atoms with van der Waals surface area (Å²) in [5.74, 6) is 0.324. The molecule has 0 bridgehead atoms. The lowest BCUT2D eigenvalue weighted by Gasteiger charge is -2.09. The summed E-state index contributed by atoms with van der Waals surface area (Å²) in [4.78, 5) is 13.6. The van der Waals surface area contributed by atoms with E-state index in [4.69, 9.17) is 0 Å². The number of likely N-dealkylation sites (N-methyl/N-ethyl adjacent to an activating group) is 1. The molecule has 0 aromatic heterocycles. The predicted molar refractivity (Wildman–Crippen MR) is 80.4 cm³/mol. The zero-order valence-corrected chi connectivity index (χ0v) is 11.7. The molecule has 0 fully saturated rings. The van der Waals surface area contributed by atoms with E-state index in [1.807, 2.05) is 19.0 Å². The summed E-state index contributed by atoms with van der Waals surface area (Å²) in [5.41, 5.74) is 1.34. The molecule has 0 aliphatic rings. The molecule has 2 aromatic rings. The SMILES string of the molecule is CN(C)CC(=O)CCCc1cccc2ccccc12. The largest absolute Gasteiger partial charge is 0.302 e. The minimum atomic E-state index is 0.324. The second kappa shape index (κ2) is 6.48. The maximum absolute atomic E-state index is 11.7. The maximum atomic E-state index is 11.7. The Hall–Kier alpha value is -1.67. The Labute approximate surface area is 115 Å². The molecule has 19 heavy (non-hydrogen) atoms. The van der Waals surface area contributed by atoms with Gasteiger partial charge in [0.2, 0.25) is 0 Å². The molecule has 0 amide bonds. The zero-order chi connectivity index (χ0) is 13.7. The van der Waals surface area contributed by atoms with Gasteiger partial charge in [-0.05, 0) is 43.3 Å². The summed E-state index contributed by atoms with van der Waals surface area (Å²) in [5, 5.41) is 2.59. The van der Waals surface area contributed by atoms with Gasteiger partial charge in [-0.3, -0.25) is 4.79 Å². The number of hydrogen-bond acceptors (Lipinski definition) is 2. The second-order valence-corrected chi connectivity index (χ2v) is 5.27. The fraction of sp³-hybridized carbons (Fsp3) is 0.353. The van der Waals surface area contributed by atoms with Gasteiger partial charge in [-0.2, -0.15) is 0 Å². The van der Waals surface area contributed by atoms with Gasteiger partial charge < -0.3 is 4.90 Å². The van der Waals surface area contributed by atoms with Gasteiger partial charge in [0.1, 0.15) is 5.78 Å². The molecular formula is C17H21NO. The monoisotopic (exact) mass is 255 g/mol. The highest BCUT2D eigenvalue weighted by atomic mass is 16.1. The Balaban J connectivity index is 1.97. The minimum absolute atomic E-state index is 0.324. The summed E-state index contributed by atoms with van der Waals surface area (Å²) < 4.78 is 0. The van der Waals surface area contributed by atoms with Gasteiger partial charge in [0.05, 0.1) is 6.54 Å². The molecule has 0 spiro atoms.